The molecule has 2 N–H and O–H groups in total. The fourth-order valence-corrected chi connectivity index (χ4v) is 5.69. The van der Waals surface area contributed by atoms with Gasteiger partial charge in [0, 0.05) is 31.4 Å². The van der Waals surface area contributed by atoms with Crippen molar-refractivity contribution in [3.8, 4) is 5.75 Å². The van der Waals surface area contributed by atoms with Gasteiger partial charge in [-0.1, -0.05) is 57.5 Å². The largest absolute Gasteiger partial charge is 0.476 e. The van der Waals surface area contributed by atoms with Crippen LogP contribution < -0.4 is 10.5 Å². The lowest BCUT2D eigenvalue weighted by Crippen LogP contribution is -2.41. The van der Waals surface area contributed by atoms with E-state index in [-0.39, 0.29) is 12.5 Å². The number of imidazole rings is 1. The van der Waals surface area contributed by atoms with Crippen molar-refractivity contribution in [2.45, 2.75) is 85.9 Å². The maximum atomic E-state index is 13.7. The molecule has 0 aliphatic rings. The van der Waals surface area contributed by atoms with Gasteiger partial charge in [-0.3, -0.25) is 9.69 Å². The van der Waals surface area contributed by atoms with Crippen LogP contribution >= 0.6 is 0 Å². The number of carbonyl (C=O) groups excluding carboxylic acids is 2. The van der Waals surface area contributed by atoms with E-state index in [0.29, 0.717) is 37.7 Å². The fourth-order valence-electron chi connectivity index (χ4n) is 5.69. The standard InChI is InChI=1S/C36H50N6O4/c1-7-11-20-30-39-32-33(28-18-12-13-19-29(28)38-34(32)37)42(30)22-15-21-41(31(43)25-40(8-2)9-3)24-26-16-14-17-27(23-26)46-36(5,6)35(44)45-10-4/h12-14,16-19,23H,7-11,15,20-22,24-25H2,1-6H3,(H2,37,38). The molecule has 0 saturated carbocycles. The number of likely N-dealkylation sites (N-methyl/N-ethyl adjacent to an activating group) is 1. The van der Waals surface area contributed by atoms with Crippen molar-refractivity contribution in [2.24, 2.45) is 0 Å². The van der Waals surface area contributed by atoms with Crippen molar-refractivity contribution < 1.29 is 19.1 Å². The molecule has 0 saturated heterocycles. The zero-order chi connectivity index (χ0) is 33.3. The number of nitrogens with zero attached hydrogens (tertiary/aromatic N) is 5. The predicted octanol–water partition coefficient (Wildman–Crippen LogP) is 5.99. The highest BCUT2D eigenvalue weighted by atomic mass is 16.6. The number of aromatic nitrogens is 3. The van der Waals surface area contributed by atoms with E-state index in [4.69, 9.17) is 20.2 Å². The van der Waals surface area contributed by atoms with Crippen molar-refractivity contribution in [1.29, 1.82) is 0 Å². The van der Waals surface area contributed by atoms with Crippen LogP contribution in [0.25, 0.3) is 21.9 Å². The van der Waals surface area contributed by atoms with Crippen molar-refractivity contribution in [2.75, 3.05) is 38.5 Å². The number of nitrogens with two attached hydrogens (primary N) is 1. The molecular weight excluding hydrogens is 580 g/mol. The molecular formula is C36H50N6O4. The number of aryl methyl sites for hydroxylation is 2. The van der Waals surface area contributed by atoms with Crippen LogP contribution in [0.3, 0.4) is 0 Å². The smallest absolute Gasteiger partial charge is 0.349 e. The summed E-state index contributed by atoms with van der Waals surface area (Å²) in [5.41, 5.74) is 8.78. The van der Waals surface area contributed by atoms with Gasteiger partial charge in [0.2, 0.25) is 5.91 Å². The van der Waals surface area contributed by atoms with Crippen LogP contribution in [0.5, 0.6) is 5.75 Å². The number of para-hydroxylation sites is 1. The molecule has 0 aliphatic carbocycles. The zero-order valence-corrected chi connectivity index (χ0v) is 28.3. The second-order valence-corrected chi connectivity index (χ2v) is 12.1. The predicted molar refractivity (Wildman–Crippen MR) is 184 cm³/mol. The number of rotatable bonds is 17. The summed E-state index contributed by atoms with van der Waals surface area (Å²) in [7, 11) is 0. The molecule has 10 heteroatoms. The molecule has 0 atom stereocenters. The monoisotopic (exact) mass is 630 g/mol. The molecule has 2 heterocycles. The molecule has 46 heavy (non-hydrogen) atoms. The first kappa shape index (κ1) is 34.7. The van der Waals surface area contributed by atoms with Crippen molar-refractivity contribution in [1.82, 2.24) is 24.3 Å². The molecule has 2 aromatic heterocycles. The highest BCUT2D eigenvalue weighted by molar-refractivity contribution is 6.06. The number of unbranched alkanes of at least 4 members (excludes halogenated alkanes) is 1. The van der Waals surface area contributed by atoms with Crippen LogP contribution in [0.4, 0.5) is 5.82 Å². The second-order valence-electron chi connectivity index (χ2n) is 12.1. The minimum Gasteiger partial charge on any atom is -0.476 e. The van der Waals surface area contributed by atoms with Gasteiger partial charge in [-0.15, -0.1) is 0 Å². The van der Waals surface area contributed by atoms with Gasteiger partial charge in [0.05, 0.1) is 24.2 Å². The first-order chi connectivity index (χ1) is 22.1. The SMILES string of the molecule is CCCCc1nc2c(N)nc3ccccc3c2n1CCCN(Cc1cccc(OC(C)(C)C(=O)OCC)c1)C(=O)CN(CC)CC. The lowest BCUT2D eigenvalue weighted by Gasteiger charge is -2.27. The Kier molecular flexibility index (Phi) is 12.0. The Morgan fingerprint density at radius 2 is 1.74 bits per heavy atom. The summed E-state index contributed by atoms with van der Waals surface area (Å²) in [6.07, 6.45) is 3.66. The topological polar surface area (TPSA) is 116 Å². The fraction of sp³-hybridized carbons (Fsp3) is 0.500. The normalized spacial score (nSPS) is 11.8. The van der Waals surface area contributed by atoms with Gasteiger partial charge in [-0.25, -0.2) is 14.8 Å². The molecule has 0 fully saturated rings. The van der Waals surface area contributed by atoms with E-state index in [1.165, 1.54) is 0 Å². The quantitative estimate of drug-likeness (QED) is 0.142. The van der Waals surface area contributed by atoms with Gasteiger partial charge >= 0.3 is 5.97 Å². The van der Waals surface area contributed by atoms with Crippen molar-refractivity contribution in [3.63, 3.8) is 0 Å². The van der Waals surface area contributed by atoms with Gasteiger partial charge in [0.25, 0.3) is 0 Å². The maximum absolute atomic E-state index is 13.7. The van der Waals surface area contributed by atoms with E-state index >= 15 is 0 Å². The first-order valence-corrected chi connectivity index (χ1v) is 16.6. The Morgan fingerprint density at radius 1 is 0.978 bits per heavy atom. The van der Waals surface area contributed by atoms with Gasteiger partial charge in [-0.2, -0.15) is 0 Å². The van der Waals surface area contributed by atoms with E-state index in [0.717, 1.165) is 72.1 Å². The van der Waals surface area contributed by atoms with E-state index in [1.807, 2.05) is 47.4 Å². The van der Waals surface area contributed by atoms with E-state index < -0.39 is 11.6 Å². The summed E-state index contributed by atoms with van der Waals surface area (Å²) in [5.74, 6) is 1.64. The molecule has 0 radical (unpaired) electrons. The maximum Gasteiger partial charge on any atom is 0.349 e. The van der Waals surface area contributed by atoms with Crippen LogP contribution in [0.15, 0.2) is 48.5 Å². The summed E-state index contributed by atoms with van der Waals surface area (Å²) < 4.78 is 13.5. The Balaban J connectivity index is 1.60. The third-order valence-electron chi connectivity index (χ3n) is 8.27. The van der Waals surface area contributed by atoms with Crippen LogP contribution in [0.1, 0.15) is 72.2 Å². The third-order valence-corrected chi connectivity index (χ3v) is 8.27. The summed E-state index contributed by atoms with van der Waals surface area (Å²) in [6, 6.07) is 15.6. The molecule has 0 spiro atoms. The highest BCUT2D eigenvalue weighted by Gasteiger charge is 2.31. The average molecular weight is 631 g/mol. The van der Waals surface area contributed by atoms with E-state index in [9.17, 15) is 9.59 Å². The number of esters is 1. The third kappa shape index (κ3) is 8.34. The molecule has 0 bridgehead atoms. The van der Waals surface area contributed by atoms with Crippen LogP contribution in [-0.4, -0.2) is 74.6 Å². The summed E-state index contributed by atoms with van der Waals surface area (Å²) in [4.78, 5) is 39.8. The van der Waals surface area contributed by atoms with E-state index in [2.05, 4.69) is 41.3 Å². The van der Waals surface area contributed by atoms with Crippen LogP contribution in [0, 0.1) is 0 Å². The van der Waals surface area contributed by atoms with Crippen molar-refractivity contribution >= 4 is 39.6 Å². The van der Waals surface area contributed by atoms with Gasteiger partial charge in [0.15, 0.2) is 11.4 Å². The summed E-state index contributed by atoms with van der Waals surface area (Å²) >= 11 is 0. The molecule has 0 unspecified atom stereocenters. The Morgan fingerprint density at radius 3 is 2.46 bits per heavy atom. The molecule has 2 aromatic carbocycles. The molecule has 10 nitrogen and oxygen atoms in total. The molecule has 4 rings (SSSR count). The number of hydrogen-bond donors (Lipinski definition) is 1. The lowest BCUT2D eigenvalue weighted by molar-refractivity contribution is -0.158. The number of fused-ring (bicyclic) bond motifs is 3. The van der Waals surface area contributed by atoms with Crippen molar-refractivity contribution in [3.05, 3.63) is 59.9 Å². The average Bonchev–Trinajstić information content (AvgIpc) is 3.41. The number of hydrogen-bond acceptors (Lipinski definition) is 8. The minimum atomic E-state index is -1.14. The summed E-state index contributed by atoms with van der Waals surface area (Å²) in [6.45, 7) is 15.4. The van der Waals surface area contributed by atoms with Gasteiger partial charge < -0.3 is 24.7 Å². The van der Waals surface area contributed by atoms with Crippen LogP contribution in [-0.2, 0) is 33.8 Å². The van der Waals surface area contributed by atoms with E-state index in [1.54, 1.807) is 20.8 Å². The number of pyridine rings is 1. The zero-order valence-electron chi connectivity index (χ0n) is 28.3. The number of ether oxygens (including phenoxy) is 2. The number of carbonyl (C=O) groups is 2. The van der Waals surface area contributed by atoms with Gasteiger partial charge in [-0.05, 0) is 70.5 Å². The lowest BCUT2D eigenvalue weighted by atomic mass is 10.1. The molecule has 0 aliphatic heterocycles. The summed E-state index contributed by atoms with van der Waals surface area (Å²) in [5, 5.41) is 1.03. The number of benzene rings is 2. The number of nitrogen functional groups attached to an aromatic ring is 1. The first-order valence-electron chi connectivity index (χ1n) is 16.6. The minimum absolute atomic E-state index is 0.0717. The molecule has 1 amide bonds. The Bertz CT molecular complexity index is 1630. The number of amides is 1. The Labute approximate surface area is 272 Å². The van der Waals surface area contributed by atoms with Gasteiger partial charge in [0.1, 0.15) is 17.1 Å². The second kappa shape index (κ2) is 15.9. The van der Waals surface area contributed by atoms with Crippen LogP contribution in [0.2, 0.25) is 0 Å². The Hall–Kier alpha value is -4.18. The highest BCUT2D eigenvalue weighted by Crippen LogP contribution is 2.30. The number of anilines is 1. The molecule has 248 valence electrons. The molecule has 4 aromatic rings.